The molecule has 0 fully saturated rings. The molecule has 0 aliphatic heterocycles. The second-order valence-electron chi connectivity index (χ2n) is 5.45. The van der Waals surface area contributed by atoms with E-state index < -0.39 is 0 Å². The van der Waals surface area contributed by atoms with Crippen molar-refractivity contribution in [2.75, 3.05) is 13.4 Å². The number of thioether (sulfide) groups is 1. The van der Waals surface area contributed by atoms with Gasteiger partial charge in [0, 0.05) is 33.0 Å². The molecular formula is C20H16N2OS2. The lowest BCUT2D eigenvalue weighted by Crippen LogP contribution is -1.92. The SMILES string of the molecule is COc1c(Sc2cnc3ccccc3c2SC)cnc2ccccc12. The second-order valence-corrected chi connectivity index (χ2v) is 7.35. The van der Waals surface area contributed by atoms with Gasteiger partial charge in [0.2, 0.25) is 0 Å². The number of ether oxygens (including phenoxy) is 1. The molecular weight excluding hydrogens is 348 g/mol. The Morgan fingerprint density at radius 2 is 1.40 bits per heavy atom. The van der Waals surface area contributed by atoms with Crippen molar-refractivity contribution in [3.63, 3.8) is 0 Å². The van der Waals surface area contributed by atoms with Crippen LogP contribution in [0.2, 0.25) is 0 Å². The highest BCUT2D eigenvalue weighted by Gasteiger charge is 2.14. The number of rotatable bonds is 4. The van der Waals surface area contributed by atoms with E-state index in [1.54, 1.807) is 30.6 Å². The van der Waals surface area contributed by atoms with Crippen LogP contribution in [0.15, 0.2) is 75.6 Å². The molecule has 0 amide bonds. The minimum absolute atomic E-state index is 0.857. The fraction of sp³-hybridized carbons (Fsp3) is 0.100. The van der Waals surface area contributed by atoms with Crippen molar-refractivity contribution in [2.45, 2.75) is 14.7 Å². The third kappa shape index (κ3) is 2.94. The van der Waals surface area contributed by atoms with Crippen LogP contribution in [0.1, 0.15) is 0 Å². The van der Waals surface area contributed by atoms with Crippen LogP contribution < -0.4 is 4.74 Å². The maximum Gasteiger partial charge on any atom is 0.143 e. The number of para-hydroxylation sites is 2. The molecule has 4 rings (SSSR count). The number of pyridine rings is 2. The molecule has 0 aliphatic rings. The predicted octanol–water partition coefficient (Wildman–Crippen LogP) is 5.66. The Kier molecular flexibility index (Phi) is 4.51. The lowest BCUT2D eigenvalue weighted by molar-refractivity contribution is 0.409. The Morgan fingerprint density at radius 1 is 0.800 bits per heavy atom. The van der Waals surface area contributed by atoms with E-state index in [0.717, 1.165) is 32.0 Å². The van der Waals surface area contributed by atoms with E-state index in [2.05, 4.69) is 28.4 Å². The van der Waals surface area contributed by atoms with E-state index in [4.69, 9.17) is 4.74 Å². The van der Waals surface area contributed by atoms with E-state index in [-0.39, 0.29) is 0 Å². The van der Waals surface area contributed by atoms with Crippen molar-refractivity contribution >= 4 is 45.3 Å². The third-order valence-corrected chi connectivity index (χ3v) is 6.03. The lowest BCUT2D eigenvalue weighted by atomic mass is 10.2. The maximum atomic E-state index is 5.70. The molecule has 124 valence electrons. The topological polar surface area (TPSA) is 35.0 Å². The van der Waals surface area contributed by atoms with Crippen molar-refractivity contribution < 1.29 is 4.74 Å². The minimum atomic E-state index is 0.857. The highest BCUT2D eigenvalue weighted by Crippen LogP contribution is 2.43. The zero-order valence-electron chi connectivity index (χ0n) is 13.9. The van der Waals surface area contributed by atoms with Gasteiger partial charge in [0.05, 0.1) is 23.0 Å². The van der Waals surface area contributed by atoms with Gasteiger partial charge in [-0.1, -0.05) is 42.1 Å². The van der Waals surface area contributed by atoms with Crippen LogP contribution in [0.5, 0.6) is 5.75 Å². The average molecular weight is 364 g/mol. The van der Waals surface area contributed by atoms with Crippen LogP contribution >= 0.6 is 23.5 Å². The molecule has 5 heteroatoms. The van der Waals surface area contributed by atoms with Crippen LogP contribution in [0.4, 0.5) is 0 Å². The van der Waals surface area contributed by atoms with E-state index in [1.165, 1.54) is 10.3 Å². The first-order valence-corrected chi connectivity index (χ1v) is 9.87. The molecule has 2 heterocycles. The molecule has 0 bridgehead atoms. The quantitative estimate of drug-likeness (QED) is 0.436. The molecule has 4 aromatic rings. The number of aromatic nitrogens is 2. The Morgan fingerprint density at radius 3 is 2.08 bits per heavy atom. The van der Waals surface area contributed by atoms with Crippen LogP contribution in [0, 0.1) is 0 Å². The number of fused-ring (bicyclic) bond motifs is 2. The lowest BCUT2D eigenvalue weighted by Gasteiger charge is -2.13. The third-order valence-electron chi connectivity index (χ3n) is 4.01. The molecule has 0 saturated carbocycles. The molecule has 25 heavy (non-hydrogen) atoms. The summed E-state index contributed by atoms with van der Waals surface area (Å²) in [7, 11) is 1.71. The fourth-order valence-electron chi connectivity index (χ4n) is 2.88. The smallest absolute Gasteiger partial charge is 0.143 e. The van der Waals surface area contributed by atoms with E-state index in [9.17, 15) is 0 Å². The van der Waals surface area contributed by atoms with Crippen LogP contribution in [0.25, 0.3) is 21.8 Å². The zero-order valence-corrected chi connectivity index (χ0v) is 15.5. The summed E-state index contributed by atoms with van der Waals surface area (Å²) in [5.74, 6) is 0.857. The molecule has 0 unspecified atom stereocenters. The predicted molar refractivity (Wildman–Crippen MR) is 106 cm³/mol. The summed E-state index contributed by atoms with van der Waals surface area (Å²) in [5, 5.41) is 2.20. The number of benzene rings is 2. The molecule has 0 atom stereocenters. The van der Waals surface area contributed by atoms with Crippen molar-refractivity contribution in [1.82, 2.24) is 9.97 Å². The molecule has 3 nitrogen and oxygen atoms in total. The van der Waals surface area contributed by atoms with Gasteiger partial charge in [0.15, 0.2) is 0 Å². The monoisotopic (exact) mass is 364 g/mol. The van der Waals surface area contributed by atoms with Crippen LogP contribution in [-0.4, -0.2) is 23.3 Å². The maximum absolute atomic E-state index is 5.70. The van der Waals surface area contributed by atoms with E-state index in [0.29, 0.717) is 0 Å². The summed E-state index contributed by atoms with van der Waals surface area (Å²) in [6, 6.07) is 16.3. The number of methoxy groups -OCH3 is 1. The first-order valence-electron chi connectivity index (χ1n) is 7.83. The standard InChI is InChI=1S/C20H16N2OS2/c1-23-19-13-7-3-5-9-15(13)21-11-17(19)25-18-12-22-16-10-6-4-8-14(16)20(18)24-2/h3-12H,1-2H3. The molecule has 0 radical (unpaired) electrons. The summed E-state index contributed by atoms with van der Waals surface area (Å²) in [4.78, 5) is 12.5. The Labute approximate surface area is 154 Å². The Bertz CT molecular complexity index is 981. The molecule has 2 aromatic carbocycles. The number of hydrogen-bond acceptors (Lipinski definition) is 5. The van der Waals surface area contributed by atoms with Gasteiger partial charge in [-0.15, -0.1) is 11.8 Å². The molecule has 2 aromatic heterocycles. The van der Waals surface area contributed by atoms with E-state index >= 15 is 0 Å². The highest BCUT2D eigenvalue weighted by molar-refractivity contribution is 8.02. The molecule has 0 spiro atoms. The number of hydrogen-bond donors (Lipinski definition) is 0. The zero-order chi connectivity index (χ0) is 17.2. The first-order chi connectivity index (χ1) is 12.3. The fourth-order valence-corrected chi connectivity index (χ4v) is 4.84. The van der Waals surface area contributed by atoms with E-state index in [1.807, 2.05) is 48.8 Å². The van der Waals surface area contributed by atoms with Gasteiger partial charge in [-0.25, -0.2) is 0 Å². The molecule has 0 N–H and O–H groups in total. The van der Waals surface area contributed by atoms with Crippen molar-refractivity contribution in [2.24, 2.45) is 0 Å². The van der Waals surface area contributed by atoms with Crippen LogP contribution in [-0.2, 0) is 0 Å². The summed E-state index contributed by atoms with van der Waals surface area (Å²) < 4.78 is 5.70. The Balaban J connectivity index is 1.85. The van der Waals surface area contributed by atoms with Crippen LogP contribution in [0.3, 0.4) is 0 Å². The highest BCUT2D eigenvalue weighted by atomic mass is 32.2. The summed E-state index contributed by atoms with van der Waals surface area (Å²) in [5.41, 5.74) is 1.95. The van der Waals surface area contributed by atoms with Gasteiger partial charge in [0.25, 0.3) is 0 Å². The average Bonchev–Trinajstić information content (AvgIpc) is 2.67. The van der Waals surface area contributed by atoms with Gasteiger partial charge >= 0.3 is 0 Å². The van der Waals surface area contributed by atoms with Crippen molar-refractivity contribution in [3.05, 3.63) is 60.9 Å². The minimum Gasteiger partial charge on any atom is -0.495 e. The van der Waals surface area contributed by atoms with Gasteiger partial charge in [-0.2, -0.15) is 0 Å². The van der Waals surface area contributed by atoms with Gasteiger partial charge in [0.1, 0.15) is 5.75 Å². The summed E-state index contributed by atoms with van der Waals surface area (Å²) in [6.07, 6.45) is 5.92. The van der Waals surface area contributed by atoms with Gasteiger partial charge in [-0.3, -0.25) is 9.97 Å². The Hall–Kier alpha value is -2.24. The molecule has 0 aliphatic carbocycles. The van der Waals surface area contributed by atoms with Crippen molar-refractivity contribution in [1.29, 1.82) is 0 Å². The largest absolute Gasteiger partial charge is 0.495 e. The van der Waals surface area contributed by atoms with Gasteiger partial charge in [-0.05, 0) is 24.5 Å². The first kappa shape index (κ1) is 16.2. The van der Waals surface area contributed by atoms with Gasteiger partial charge < -0.3 is 4.74 Å². The normalized spacial score (nSPS) is 11.1. The number of nitrogens with zero attached hydrogens (tertiary/aromatic N) is 2. The summed E-state index contributed by atoms with van der Waals surface area (Å²) >= 11 is 3.39. The molecule has 0 saturated heterocycles. The second kappa shape index (κ2) is 6.94. The van der Waals surface area contributed by atoms with Crippen molar-refractivity contribution in [3.8, 4) is 5.75 Å². The summed E-state index contributed by atoms with van der Waals surface area (Å²) in [6.45, 7) is 0.